The van der Waals surface area contributed by atoms with Crippen molar-refractivity contribution in [2.24, 2.45) is 0 Å². The van der Waals surface area contributed by atoms with Crippen LogP contribution in [0.2, 0.25) is 0 Å². The van der Waals surface area contributed by atoms with Gasteiger partial charge in [-0.1, -0.05) is 24.3 Å². The summed E-state index contributed by atoms with van der Waals surface area (Å²) >= 11 is 0. The van der Waals surface area contributed by atoms with Gasteiger partial charge in [-0.3, -0.25) is 0 Å². The Morgan fingerprint density at radius 3 is 2.38 bits per heavy atom. The maximum absolute atomic E-state index is 10.8. The van der Waals surface area contributed by atoms with Gasteiger partial charge in [0, 0.05) is 7.05 Å². The predicted molar refractivity (Wildman–Crippen MR) is 61.3 cm³/mol. The highest BCUT2D eigenvalue weighted by molar-refractivity contribution is 5.65. The predicted octanol–water partition coefficient (Wildman–Crippen LogP) is 2.41. The van der Waals surface area contributed by atoms with Crippen LogP contribution in [0.4, 0.5) is 4.79 Å². The molecule has 0 aromatic heterocycles. The first kappa shape index (κ1) is 12.5. The minimum absolute atomic E-state index is 0.226. The molecule has 0 spiro atoms. The van der Waals surface area contributed by atoms with Crippen LogP contribution in [0.1, 0.15) is 37.1 Å². The van der Waals surface area contributed by atoms with E-state index in [1.54, 1.807) is 6.92 Å². The number of hydrogen-bond donors (Lipinski definition) is 2. The smallest absolute Gasteiger partial charge is 0.407 e. The molecule has 16 heavy (non-hydrogen) atoms. The molecule has 0 radical (unpaired) electrons. The summed E-state index contributed by atoms with van der Waals surface area (Å²) in [5, 5.41) is 18.3. The first-order valence-corrected chi connectivity index (χ1v) is 5.17. The van der Waals surface area contributed by atoms with Gasteiger partial charge in [-0.15, -0.1) is 0 Å². The molecule has 0 saturated carbocycles. The third kappa shape index (κ3) is 2.73. The van der Waals surface area contributed by atoms with E-state index in [9.17, 15) is 9.90 Å². The average molecular weight is 223 g/mol. The van der Waals surface area contributed by atoms with Crippen LogP contribution in [0.5, 0.6) is 0 Å². The topological polar surface area (TPSA) is 60.8 Å². The fourth-order valence-electron chi connectivity index (χ4n) is 1.47. The summed E-state index contributed by atoms with van der Waals surface area (Å²) in [4.78, 5) is 12.0. The van der Waals surface area contributed by atoms with Crippen molar-refractivity contribution >= 4 is 6.09 Å². The average Bonchev–Trinajstić information content (AvgIpc) is 2.27. The van der Waals surface area contributed by atoms with Crippen molar-refractivity contribution in [2.75, 3.05) is 7.05 Å². The fraction of sp³-hybridized carbons (Fsp3) is 0.417. The van der Waals surface area contributed by atoms with Crippen LogP contribution in [0.15, 0.2) is 24.3 Å². The number of nitrogens with zero attached hydrogens (tertiary/aromatic N) is 1. The van der Waals surface area contributed by atoms with E-state index in [2.05, 4.69) is 0 Å². The van der Waals surface area contributed by atoms with E-state index in [0.29, 0.717) is 0 Å². The minimum atomic E-state index is -0.963. The van der Waals surface area contributed by atoms with E-state index in [-0.39, 0.29) is 6.04 Å². The summed E-state index contributed by atoms with van der Waals surface area (Å²) in [6.45, 7) is 3.50. The number of carboxylic acid groups (broad SMARTS) is 1. The summed E-state index contributed by atoms with van der Waals surface area (Å²) in [5.74, 6) is 0. The van der Waals surface area contributed by atoms with E-state index in [1.165, 1.54) is 11.9 Å². The number of aliphatic hydroxyl groups excluding tert-OH is 1. The van der Waals surface area contributed by atoms with E-state index in [1.807, 2.05) is 31.2 Å². The summed E-state index contributed by atoms with van der Waals surface area (Å²) in [6, 6.07) is 7.10. The Morgan fingerprint density at radius 1 is 1.31 bits per heavy atom. The Morgan fingerprint density at radius 2 is 1.88 bits per heavy atom. The summed E-state index contributed by atoms with van der Waals surface area (Å²) in [6.07, 6.45) is -1.50. The van der Waals surface area contributed by atoms with Crippen LogP contribution < -0.4 is 0 Å². The normalized spacial score (nSPS) is 14.2. The van der Waals surface area contributed by atoms with Crippen molar-refractivity contribution in [3.63, 3.8) is 0 Å². The van der Waals surface area contributed by atoms with Gasteiger partial charge >= 0.3 is 6.09 Å². The number of amides is 1. The van der Waals surface area contributed by atoms with Crippen molar-refractivity contribution in [2.45, 2.75) is 26.0 Å². The van der Waals surface area contributed by atoms with Crippen molar-refractivity contribution < 1.29 is 15.0 Å². The maximum atomic E-state index is 10.8. The summed E-state index contributed by atoms with van der Waals surface area (Å²) < 4.78 is 0. The lowest BCUT2D eigenvalue weighted by Crippen LogP contribution is -2.27. The highest BCUT2D eigenvalue weighted by atomic mass is 16.4. The molecular formula is C12H17NO3. The molecule has 0 bridgehead atoms. The van der Waals surface area contributed by atoms with Crippen LogP contribution >= 0.6 is 0 Å². The fourth-order valence-corrected chi connectivity index (χ4v) is 1.47. The van der Waals surface area contributed by atoms with Gasteiger partial charge in [0.2, 0.25) is 0 Å². The molecule has 1 amide bonds. The van der Waals surface area contributed by atoms with Crippen molar-refractivity contribution in [3.05, 3.63) is 35.4 Å². The van der Waals surface area contributed by atoms with Crippen molar-refractivity contribution in [1.29, 1.82) is 0 Å². The van der Waals surface area contributed by atoms with Gasteiger partial charge < -0.3 is 15.1 Å². The first-order chi connectivity index (χ1) is 7.43. The Labute approximate surface area is 95.1 Å². The quantitative estimate of drug-likeness (QED) is 0.827. The summed E-state index contributed by atoms with van der Waals surface area (Å²) in [5.41, 5.74) is 1.67. The number of hydrogen-bond acceptors (Lipinski definition) is 2. The number of rotatable bonds is 3. The molecule has 2 atom stereocenters. The van der Waals surface area contributed by atoms with Crippen molar-refractivity contribution in [3.8, 4) is 0 Å². The van der Waals surface area contributed by atoms with E-state index >= 15 is 0 Å². The van der Waals surface area contributed by atoms with Crippen LogP contribution in [0.25, 0.3) is 0 Å². The zero-order valence-electron chi connectivity index (χ0n) is 9.71. The molecule has 0 saturated heterocycles. The van der Waals surface area contributed by atoms with Gasteiger partial charge in [0.15, 0.2) is 0 Å². The molecular weight excluding hydrogens is 206 g/mol. The lowest BCUT2D eigenvalue weighted by atomic mass is 10.0. The third-order valence-electron chi connectivity index (χ3n) is 2.76. The zero-order chi connectivity index (χ0) is 12.3. The molecule has 1 aromatic rings. The van der Waals surface area contributed by atoms with Gasteiger partial charge in [-0.05, 0) is 25.0 Å². The molecule has 0 aliphatic carbocycles. The molecule has 0 aliphatic rings. The molecule has 0 aliphatic heterocycles. The SMILES string of the molecule is CC(O)c1cccc(C(C)N(C)C(=O)O)c1. The number of benzene rings is 1. The third-order valence-corrected chi connectivity index (χ3v) is 2.76. The number of aliphatic hydroxyl groups is 1. The van der Waals surface area contributed by atoms with Gasteiger partial charge in [-0.2, -0.15) is 0 Å². The first-order valence-electron chi connectivity index (χ1n) is 5.17. The molecule has 1 rings (SSSR count). The molecule has 88 valence electrons. The van der Waals surface area contributed by atoms with Gasteiger partial charge in [0.25, 0.3) is 0 Å². The second kappa shape index (κ2) is 4.99. The minimum Gasteiger partial charge on any atom is -0.465 e. The molecule has 4 nitrogen and oxygen atoms in total. The molecule has 0 heterocycles. The lowest BCUT2D eigenvalue weighted by Gasteiger charge is -2.22. The Hall–Kier alpha value is -1.55. The molecule has 4 heteroatoms. The number of carbonyl (C=O) groups is 1. The zero-order valence-corrected chi connectivity index (χ0v) is 9.71. The molecule has 2 unspecified atom stereocenters. The van der Waals surface area contributed by atoms with Gasteiger partial charge in [0.1, 0.15) is 0 Å². The largest absolute Gasteiger partial charge is 0.465 e. The lowest BCUT2D eigenvalue weighted by molar-refractivity contribution is 0.142. The van der Waals surface area contributed by atoms with Crippen LogP contribution in [-0.2, 0) is 0 Å². The van der Waals surface area contributed by atoms with Gasteiger partial charge in [-0.25, -0.2) is 4.79 Å². The van der Waals surface area contributed by atoms with Crippen LogP contribution in [0, 0.1) is 0 Å². The second-order valence-corrected chi connectivity index (χ2v) is 3.92. The molecule has 0 fully saturated rings. The Balaban J connectivity index is 2.95. The molecule has 2 N–H and O–H groups in total. The van der Waals surface area contributed by atoms with Crippen molar-refractivity contribution in [1.82, 2.24) is 4.90 Å². The van der Waals surface area contributed by atoms with Crippen LogP contribution in [-0.4, -0.2) is 28.3 Å². The highest BCUT2D eigenvalue weighted by Gasteiger charge is 2.16. The second-order valence-electron chi connectivity index (χ2n) is 3.92. The van der Waals surface area contributed by atoms with E-state index in [0.717, 1.165) is 11.1 Å². The van der Waals surface area contributed by atoms with E-state index < -0.39 is 12.2 Å². The standard InChI is InChI=1S/C12H17NO3/c1-8(13(3)12(15)16)10-5-4-6-11(7-10)9(2)14/h4-9,14H,1-3H3,(H,15,16). The van der Waals surface area contributed by atoms with Gasteiger partial charge in [0.05, 0.1) is 12.1 Å². The Kier molecular flexibility index (Phi) is 3.90. The Bertz CT molecular complexity index is 376. The van der Waals surface area contributed by atoms with E-state index in [4.69, 9.17) is 5.11 Å². The summed E-state index contributed by atoms with van der Waals surface area (Å²) in [7, 11) is 1.53. The maximum Gasteiger partial charge on any atom is 0.407 e. The monoisotopic (exact) mass is 223 g/mol. The van der Waals surface area contributed by atoms with Crippen LogP contribution in [0.3, 0.4) is 0 Å². The highest BCUT2D eigenvalue weighted by Crippen LogP contribution is 2.22. The molecule has 1 aromatic carbocycles.